The van der Waals surface area contributed by atoms with E-state index in [4.69, 9.17) is 4.74 Å². The van der Waals surface area contributed by atoms with Crippen LogP contribution in [0.2, 0.25) is 0 Å². The minimum Gasteiger partial charge on any atom is -0.452 e. The van der Waals surface area contributed by atoms with E-state index in [0.717, 1.165) is 52.9 Å². The van der Waals surface area contributed by atoms with Crippen molar-refractivity contribution in [1.29, 1.82) is 0 Å². The van der Waals surface area contributed by atoms with Gasteiger partial charge in [-0.05, 0) is 36.5 Å². The first-order chi connectivity index (χ1) is 14.7. The molecule has 0 saturated heterocycles. The van der Waals surface area contributed by atoms with E-state index in [1.54, 1.807) is 11.8 Å². The van der Waals surface area contributed by atoms with Crippen LogP contribution in [0.4, 0.5) is 0 Å². The summed E-state index contributed by atoms with van der Waals surface area (Å²) in [6.07, 6.45) is 2.68. The van der Waals surface area contributed by atoms with E-state index in [1.165, 1.54) is 5.56 Å². The van der Waals surface area contributed by atoms with Gasteiger partial charge in [0.2, 0.25) is 0 Å². The molecule has 1 heterocycles. The predicted molar refractivity (Wildman–Crippen MR) is 120 cm³/mol. The smallest absolute Gasteiger partial charge is 0.339 e. The molecule has 0 saturated carbocycles. The number of ether oxygens (including phenoxy) is 1. The van der Waals surface area contributed by atoms with Crippen LogP contribution in [0.15, 0.2) is 54.6 Å². The molecule has 0 fully saturated rings. The lowest BCUT2D eigenvalue weighted by atomic mass is 10.0. The Balaban J connectivity index is 1.28. The summed E-state index contributed by atoms with van der Waals surface area (Å²) in [5.74, 6) is 0.988. The van der Waals surface area contributed by atoms with E-state index >= 15 is 0 Å². The average Bonchev–Trinajstić information content (AvgIpc) is 3.24. The number of carbonyl (C=O) groups excluding carboxylic acids is 2. The van der Waals surface area contributed by atoms with Crippen molar-refractivity contribution in [1.82, 2.24) is 10.3 Å². The van der Waals surface area contributed by atoms with Crippen molar-refractivity contribution in [3.8, 4) is 0 Å². The second-order valence-electron chi connectivity index (χ2n) is 7.25. The molecule has 3 aromatic rings. The molecule has 1 aliphatic carbocycles. The lowest BCUT2D eigenvalue weighted by Crippen LogP contribution is -2.30. The summed E-state index contributed by atoms with van der Waals surface area (Å²) >= 11 is 1.76. The van der Waals surface area contributed by atoms with Crippen LogP contribution in [0.1, 0.15) is 33.6 Å². The van der Waals surface area contributed by atoms with E-state index in [2.05, 4.69) is 22.4 Å². The first-order valence-corrected chi connectivity index (χ1v) is 11.3. The molecule has 0 bridgehead atoms. The third-order valence-electron chi connectivity index (χ3n) is 5.14. The maximum absolute atomic E-state index is 12.8. The summed E-state index contributed by atoms with van der Waals surface area (Å²) in [6.45, 7) is 0.273. The number of pyridine rings is 1. The summed E-state index contributed by atoms with van der Waals surface area (Å²) < 4.78 is 5.36. The summed E-state index contributed by atoms with van der Waals surface area (Å²) in [6, 6.07) is 17.8. The number of esters is 1. The standard InChI is InChI=1S/C24H24N2O3S/c27-22(25-13-14-30-16-17-7-2-1-3-8-17)15-29-24(28)23-18-9-4-5-11-20(18)26-21-12-6-10-19(21)23/h1-5,7-9,11H,6,10,12-16H2,(H,25,27). The van der Waals surface area contributed by atoms with Crippen molar-refractivity contribution in [3.05, 3.63) is 77.0 Å². The zero-order chi connectivity index (χ0) is 20.8. The van der Waals surface area contributed by atoms with E-state index in [1.807, 2.05) is 42.5 Å². The molecule has 0 unspecified atom stereocenters. The van der Waals surface area contributed by atoms with Gasteiger partial charge in [-0.2, -0.15) is 11.8 Å². The summed E-state index contributed by atoms with van der Waals surface area (Å²) in [7, 11) is 0. The Labute approximate surface area is 180 Å². The number of aryl methyl sites for hydroxylation is 1. The van der Waals surface area contributed by atoms with Crippen LogP contribution < -0.4 is 5.32 Å². The maximum atomic E-state index is 12.8. The van der Waals surface area contributed by atoms with Gasteiger partial charge >= 0.3 is 5.97 Å². The Bertz CT molecular complexity index is 1050. The van der Waals surface area contributed by atoms with Crippen LogP contribution in [0.25, 0.3) is 10.9 Å². The number of thioether (sulfide) groups is 1. The van der Waals surface area contributed by atoms with Gasteiger partial charge in [-0.1, -0.05) is 48.5 Å². The largest absolute Gasteiger partial charge is 0.452 e. The summed E-state index contributed by atoms with van der Waals surface area (Å²) in [5, 5.41) is 3.61. The van der Waals surface area contributed by atoms with E-state index < -0.39 is 5.97 Å². The van der Waals surface area contributed by atoms with Crippen molar-refractivity contribution < 1.29 is 14.3 Å². The monoisotopic (exact) mass is 420 g/mol. The molecular formula is C24H24N2O3S. The number of rotatable bonds is 8. The number of nitrogens with one attached hydrogen (secondary N) is 1. The molecule has 154 valence electrons. The predicted octanol–water partition coefficient (Wildman–Crippen LogP) is 3.93. The number of aromatic nitrogens is 1. The number of hydrogen-bond donors (Lipinski definition) is 1. The highest BCUT2D eigenvalue weighted by Gasteiger charge is 2.25. The van der Waals surface area contributed by atoms with Crippen LogP contribution in [0.3, 0.4) is 0 Å². The zero-order valence-corrected chi connectivity index (χ0v) is 17.5. The normalized spacial score (nSPS) is 12.5. The van der Waals surface area contributed by atoms with Gasteiger partial charge in [0, 0.05) is 29.1 Å². The third kappa shape index (κ3) is 4.82. The minimum atomic E-state index is -0.444. The van der Waals surface area contributed by atoms with Crippen LogP contribution in [0.5, 0.6) is 0 Å². The number of para-hydroxylation sites is 1. The van der Waals surface area contributed by atoms with Crippen LogP contribution in [-0.2, 0) is 28.1 Å². The lowest BCUT2D eigenvalue weighted by molar-refractivity contribution is -0.124. The van der Waals surface area contributed by atoms with Crippen molar-refractivity contribution in [2.24, 2.45) is 0 Å². The number of benzene rings is 2. The molecule has 6 heteroatoms. The van der Waals surface area contributed by atoms with Crippen LogP contribution in [0, 0.1) is 0 Å². The second-order valence-corrected chi connectivity index (χ2v) is 8.35. The Morgan fingerprint density at radius 3 is 2.70 bits per heavy atom. The molecule has 30 heavy (non-hydrogen) atoms. The fourth-order valence-electron chi connectivity index (χ4n) is 3.73. The number of hydrogen-bond acceptors (Lipinski definition) is 5. The molecular weight excluding hydrogens is 396 g/mol. The van der Waals surface area contributed by atoms with Crippen molar-refractivity contribution in [2.45, 2.75) is 25.0 Å². The maximum Gasteiger partial charge on any atom is 0.339 e. The van der Waals surface area contributed by atoms with Crippen molar-refractivity contribution in [3.63, 3.8) is 0 Å². The van der Waals surface area contributed by atoms with Gasteiger partial charge in [0.15, 0.2) is 6.61 Å². The minimum absolute atomic E-state index is 0.270. The fourth-order valence-corrected chi connectivity index (χ4v) is 4.54. The first kappa shape index (κ1) is 20.4. The lowest BCUT2D eigenvalue weighted by Gasteiger charge is -2.12. The molecule has 0 aliphatic heterocycles. The highest BCUT2D eigenvalue weighted by atomic mass is 32.2. The molecule has 5 nitrogen and oxygen atoms in total. The van der Waals surface area contributed by atoms with Crippen LogP contribution >= 0.6 is 11.8 Å². The second kappa shape index (κ2) is 9.76. The van der Waals surface area contributed by atoms with Gasteiger partial charge < -0.3 is 10.1 Å². The molecule has 1 amide bonds. The molecule has 4 rings (SSSR count). The summed E-state index contributed by atoms with van der Waals surface area (Å²) in [4.78, 5) is 29.6. The van der Waals surface area contributed by atoms with Gasteiger partial charge in [0.05, 0.1) is 11.1 Å². The van der Waals surface area contributed by atoms with Gasteiger partial charge in [-0.15, -0.1) is 0 Å². The number of carbonyl (C=O) groups is 2. The van der Waals surface area contributed by atoms with Gasteiger partial charge in [-0.3, -0.25) is 9.78 Å². The molecule has 2 aromatic carbocycles. The van der Waals surface area contributed by atoms with Gasteiger partial charge in [0.1, 0.15) is 0 Å². The van der Waals surface area contributed by atoms with Gasteiger partial charge in [0.25, 0.3) is 5.91 Å². The molecule has 0 atom stereocenters. The molecule has 1 N–H and O–H groups in total. The molecule has 1 aliphatic rings. The molecule has 0 radical (unpaired) electrons. The highest BCUT2D eigenvalue weighted by Crippen LogP contribution is 2.30. The quantitative estimate of drug-likeness (QED) is 0.442. The van der Waals surface area contributed by atoms with Crippen molar-refractivity contribution in [2.75, 3.05) is 18.9 Å². The Morgan fingerprint density at radius 1 is 1.03 bits per heavy atom. The Kier molecular flexibility index (Phi) is 6.64. The number of amides is 1. The van der Waals surface area contributed by atoms with Gasteiger partial charge in [-0.25, -0.2) is 4.79 Å². The molecule has 1 aromatic heterocycles. The van der Waals surface area contributed by atoms with E-state index in [-0.39, 0.29) is 12.5 Å². The van der Waals surface area contributed by atoms with Crippen molar-refractivity contribution >= 4 is 34.5 Å². The summed E-state index contributed by atoms with van der Waals surface area (Å²) in [5.41, 5.74) is 4.57. The fraction of sp³-hybridized carbons (Fsp3) is 0.292. The zero-order valence-electron chi connectivity index (χ0n) is 16.7. The Hall–Kier alpha value is -2.86. The van der Waals surface area contributed by atoms with E-state index in [9.17, 15) is 9.59 Å². The topological polar surface area (TPSA) is 68.3 Å². The number of nitrogens with zero attached hydrogens (tertiary/aromatic N) is 1. The first-order valence-electron chi connectivity index (χ1n) is 10.2. The Morgan fingerprint density at radius 2 is 1.83 bits per heavy atom. The van der Waals surface area contributed by atoms with E-state index in [0.29, 0.717) is 12.1 Å². The highest BCUT2D eigenvalue weighted by molar-refractivity contribution is 7.98. The average molecular weight is 421 g/mol. The molecule has 0 spiro atoms. The van der Waals surface area contributed by atoms with Crippen LogP contribution in [-0.4, -0.2) is 35.8 Å². The SMILES string of the molecule is O=C(COC(=O)c1c2c(nc3ccccc13)CCC2)NCCSCc1ccccc1. The third-order valence-corrected chi connectivity index (χ3v) is 6.17. The number of fused-ring (bicyclic) bond motifs is 2.